The van der Waals surface area contributed by atoms with E-state index in [2.05, 4.69) is 0 Å². The number of carboxylic acids is 2. The average Bonchev–Trinajstić information content (AvgIpc) is 2.86. The van der Waals surface area contributed by atoms with E-state index in [0.29, 0.717) is 4.88 Å². The number of carbonyl (C=O) groups excluding carboxylic acids is 1. The van der Waals surface area contributed by atoms with Crippen LogP contribution in [0.2, 0.25) is 0 Å². The number of Topliss-reactive ketones (excluding diaryl/α,β-unsaturated/α-hetero) is 1. The zero-order valence-electron chi connectivity index (χ0n) is 10.2. The minimum atomic E-state index is -1.06. The van der Waals surface area contributed by atoms with E-state index in [9.17, 15) is 14.4 Å². The molecule has 0 aromatic carbocycles. The number of ketones is 1. The fourth-order valence-electron chi connectivity index (χ4n) is 1.39. The van der Waals surface area contributed by atoms with Crippen LogP contribution >= 0.6 is 23.1 Å². The topological polar surface area (TPSA) is 91.7 Å². The Morgan fingerprint density at radius 3 is 2.53 bits per heavy atom. The lowest BCUT2D eigenvalue weighted by atomic mass is 10.0. The van der Waals surface area contributed by atoms with E-state index in [1.807, 2.05) is 0 Å². The Balaban J connectivity index is 2.69. The van der Waals surface area contributed by atoms with Crippen molar-refractivity contribution in [1.29, 1.82) is 0 Å². The molecule has 1 rings (SSSR count). The Kier molecular flexibility index (Phi) is 6.04. The smallest absolute Gasteiger partial charge is 0.316 e. The van der Waals surface area contributed by atoms with Crippen LogP contribution in [0, 0.1) is 5.92 Å². The number of aliphatic carboxylic acids is 2. The summed E-state index contributed by atoms with van der Waals surface area (Å²) >= 11 is 2.34. The largest absolute Gasteiger partial charge is 0.481 e. The average molecular weight is 302 g/mol. The van der Waals surface area contributed by atoms with Crippen molar-refractivity contribution in [3.63, 3.8) is 0 Å². The van der Waals surface area contributed by atoms with E-state index in [1.165, 1.54) is 18.3 Å². The van der Waals surface area contributed by atoms with Crippen molar-refractivity contribution in [2.45, 2.75) is 18.6 Å². The van der Waals surface area contributed by atoms with Gasteiger partial charge >= 0.3 is 11.9 Å². The van der Waals surface area contributed by atoms with Crippen LogP contribution in [0.25, 0.3) is 0 Å². The Bertz CT molecular complexity index is 455. The van der Waals surface area contributed by atoms with Gasteiger partial charge in [-0.25, -0.2) is 0 Å². The number of carboxylic acid groups (broad SMARTS) is 2. The molecule has 1 heterocycles. The standard InChI is InChI=1S/C12H14O5S2/c1-7(12(16)17)19-6-8(5-10(13)14)11(15)9-3-2-4-18-9/h2-4,7-8H,5-6H2,1H3,(H,13,14)(H,16,17). The van der Waals surface area contributed by atoms with Gasteiger partial charge in [0.05, 0.1) is 16.5 Å². The Morgan fingerprint density at radius 1 is 1.37 bits per heavy atom. The zero-order valence-corrected chi connectivity index (χ0v) is 11.9. The molecule has 0 saturated carbocycles. The number of hydrogen-bond donors (Lipinski definition) is 2. The molecule has 19 heavy (non-hydrogen) atoms. The van der Waals surface area contributed by atoms with Crippen molar-refractivity contribution in [1.82, 2.24) is 0 Å². The molecule has 0 bridgehead atoms. The van der Waals surface area contributed by atoms with Gasteiger partial charge in [0.15, 0.2) is 5.78 Å². The third kappa shape index (κ3) is 5.04. The van der Waals surface area contributed by atoms with Crippen molar-refractivity contribution in [3.8, 4) is 0 Å². The molecule has 0 aliphatic rings. The maximum absolute atomic E-state index is 12.1. The molecule has 0 saturated heterocycles. The molecule has 0 aliphatic carbocycles. The highest BCUT2D eigenvalue weighted by molar-refractivity contribution is 8.00. The highest BCUT2D eigenvalue weighted by Crippen LogP contribution is 2.23. The summed E-state index contributed by atoms with van der Waals surface area (Å²) < 4.78 is 0. The minimum Gasteiger partial charge on any atom is -0.481 e. The molecular weight excluding hydrogens is 288 g/mol. The second-order valence-electron chi connectivity index (χ2n) is 3.95. The van der Waals surface area contributed by atoms with E-state index < -0.39 is 23.1 Å². The molecule has 0 spiro atoms. The van der Waals surface area contributed by atoms with Gasteiger partial charge in [-0.1, -0.05) is 6.07 Å². The van der Waals surface area contributed by atoms with Crippen molar-refractivity contribution >= 4 is 40.8 Å². The van der Waals surface area contributed by atoms with Crippen LogP contribution in [0.4, 0.5) is 0 Å². The van der Waals surface area contributed by atoms with E-state index in [4.69, 9.17) is 10.2 Å². The summed E-state index contributed by atoms with van der Waals surface area (Å²) in [5.74, 6) is -2.76. The predicted octanol–water partition coefficient (Wildman–Crippen LogP) is 2.23. The van der Waals surface area contributed by atoms with Gasteiger partial charge in [-0.2, -0.15) is 0 Å². The van der Waals surface area contributed by atoms with Gasteiger partial charge < -0.3 is 10.2 Å². The Labute approximate surface area is 118 Å². The van der Waals surface area contributed by atoms with Gasteiger partial charge in [-0.05, 0) is 18.4 Å². The lowest BCUT2D eigenvalue weighted by molar-refractivity contribution is -0.138. The minimum absolute atomic E-state index is 0.191. The summed E-state index contributed by atoms with van der Waals surface area (Å²) in [5.41, 5.74) is 0. The van der Waals surface area contributed by atoms with E-state index in [-0.39, 0.29) is 18.0 Å². The first kappa shape index (κ1) is 15.7. The van der Waals surface area contributed by atoms with Crippen LogP contribution in [-0.2, 0) is 9.59 Å². The Hall–Kier alpha value is -1.34. The fraction of sp³-hybridized carbons (Fsp3) is 0.417. The van der Waals surface area contributed by atoms with Crippen LogP contribution in [0.15, 0.2) is 17.5 Å². The third-order valence-electron chi connectivity index (χ3n) is 2.45. The van der Waals surface area contributed by atoms with Crippen molar-refractivity contribution < 1.29 is 24.6 Å². The number of hydrogen-bond acceptors (Lipinski definition) is 5. The number of rotatable bonds is 8. The summed E-state index contributed by atoms with van der Waals surface area (Å²) in [4.78, 5) is 34.1. The Morgan fingerprint density at radius 2 is 2.05 bits per heavy atom. The van der Waals surface area contributed by atoms with Crippen LogP contribution < -0.4 is 0 Å². The molecule has 0 fully saturated rings. The third-order valence-corrected chi connectivity index (χ3v) is 4.63. The van der Waals surface area contributed by atoms with Gasteiger partial charge in [0, 0.05) is 11.7 Å². The summed E-state index contributed by atoms with van der Waals surface area (Å²) in [5, 5.41) is 18.7. The summed E-state index contributed by atoms with van der Waals surface area (Å²) in [6, 6.07) is 3.37. The molecular formula is C12H14O5S2. The number of thioether (sulfide) groups is 1. The van der Waals surface area contributed by atoms with Crippen LogP contribution in [-0.4, -0.2) is 38.9 Å². The fourth-order valence-corrected chi connectivity index (χ4v) is 3.07. The van der Waals surface area contributed by atoms with Crippen LogP contribution in [0.1, 0.15) is 23.0 Å². The molecule has 0 aliphatic heterocycles. The molecule has 1 aromatic rings. The molecule has 104 valence electrons. The zero-order chi connectivity index (χ0) is 14.4. The van der Waals surface area contributed by atoms with Gasteiger partial charge in [0.1, 0.15) is 0 Å². The normalized spacial score (nSPS) is 13.7. The van der Waals surface area contributed by atoms with Gasteiger partial charge in [-0.3, -0.25) is 14.4 Å². The first-order valence-electron chi connectivity index (χ1n) is 5.55. The molecule has 1 aromatic heterocycles. The van der Waals surface area contributed by atoms with Crippen molar-refractivity contribution in [2.24, 2.45) is 5.92 Å². The first-order valence-corrected chi connectivity index (χ1v) is 7.48. The van der Waals surface area contributed by atoms with E-state index in [0.717, 1.165) is 11.8 Å². The second kappa shape index (κ2) is 7.30. The highest BCUT2D eigenvalue weighted by Gasteiger charge is 2.25. The monoisotopic (exact) mass is 302 g/mol. The summed E-state index contributed by atoms with van der Waals surface area (Å²) in [6.07, 6.45) is -0.282. The van der Waals surface area contributed by atoms with Crippen LogP contribution in [0.3, 0.4) is 0 Å². The molecule has 0 amide bonds. The SMILES string of the molecule is CC(SCC(CC(=O)O)C(=O)c1cccs1)C(=O)O. The number of carbonyl (C=O) groups is 3. The maximum Gasteiger partial charge on any atom is 0.316 e. The lowest BCUT2D eigenvalue weighted by Gasteiger charge is -2.14. The first-order chi connectivity index (χ1) is 8.91. The molecule has 2 atom stereocenters. The maximum atomic E-state index is 12.1. The predicted molar refractivity (Wildman–Crippen MR) is 73.9 cm³/mol. The molecule has 2 N–H and O–H groups in total. The van der Waals surface area contributed by atoms with E-state index >= 15 is 0 Å². The molecule has 2 unspecified atom stereocenters. The summed E-state index contributed by atoms with van der Waals surface area (Å²) in [6.45, 7) is 1.51. The lowest BCUT2D eigenvalue weighted by Crippen LogP contribution is -2.22. The van der Waals surface area contributed by atoms with Gasteiger partial charge in [0.2, 0.25) is 0 Å². The van der Waals surface area contributed by atoms with Crippen LogP contribution in [0.5, 0.6) is 0 Å². The molecule has 5 nitrogen and oxygen atoms in total. The quantitative estimate of drug-likeness (QED) is 0.715. The van der Waals surface area contributed by atoms with Crippen molar-refractivity contribution in [2.75, 3.05) is 5.75 Å². The molecule has 7 heteroatoms. The van der Waals surface area contributed by atoms with E-state index in [1.54, 1.807) is 17.5 Å². The van der Waals surface area contributed by atoms with Gasteiger partial charge in [0.25, 0.3) is 0 Å². The second-order valence-corrected chi connectivity index (χ2v) is 6.27. The summed E-state index contributed by atoms with van der Waals surface area (Å²) in [7, 11) is 0. The highest BCUT2D eigenvalue weighted by atomic mass is 32.2. The van der Waals surface area contributed by atoms with Crippen molar-refractivity contribution in [3.05, 3.63) is 22.4 Å². The molecule has 0 radical (unpaired) electrons. The van der Waals surface area contributed by atoms with Gasteiger partial charge in [-0.15, -0.1) is 23.1 Å². The number of thiophene rings is 1.